The Hall–Kier alpha value is -4.06. The first-order valence-corrected chi connectivity index (χ1v) is 15.0. The Labute approximate surface area is 257 Å². The van der Waals surface area contributed by atoms with E-state index in [0.29, 0.717) is 11.4 Å². The summed E-state index contributed by atoms with van der Waals surface area (Å²) >= 11 is 0. The van der Waals surface area contributed by atoms with Crippen LogP contribution in [0.15, 0.2) is 146 Å². The molecule has 0 aliphatic carbocycles. The third-order valence-electron chi connectivity index (χ3n) is 6.94. The molecule has 0 radical (unpaired) electrons. The molecule has 0 aliphatic heterocycles. The minimum absolute atomic E-state index is 0. The number of hydrogen-bond acceptors (Lipinski definition) is 3. The summed E-state index contributed by atoms with van der Waals surface area (Å²) < 4.78 is 6.19. The van der Waals surface area contributed by atoms with Crippen molar-refractivity contribution in [3.8, 4) is 17.3 Å². The van der Waals surface area contributed by atoms with Crippen LogP contribution in [0, 0.1) is 6.92 Å². The van der Waals surface area contributed by atoms with Crippen molar-refractivity contribution in [3.63, 3.8) is 0 Å². The fourth-order valence-corrected chi connectivity index (χ4v) is 9.19. The second kappa shape index (κ2) is 12.6. The first kappa shape index (κ1) is 28.5. The van der Waals surface area contributed by atoms with Crippen LogP contribution in [0.25, 0.3) is 11.4 Å². The standard InChI is InChI=1S/C35H28N2O2P.HI/c1-26-22-24-28(25-23-26)35(38)39-33-34(37-32(36-33)27-14-6-2-7-15-27)40(29-16-8-3-9-17-29,30-18-10-4-11-19-30)31-20-12-5-13-21-31;/h2-25H,1H3,(H,36,37);1H/q+1;/p-1. The van der Waals surface area contributed by atoms with Crippen molar-refractivity contribution in [1.82, 2.24) is 9.97 Å². The van der Waals surface area contributed by atoms with Gasteiger partial charge >= 0.3 is 5.97 Å². The van der Waals surface area contributed by atoms with Gasteiger partial charge in [-0.25, -0.2) is 4.79 Å². The lowest BCUT2D eigenvalue weighted by Gasteiger charge is -2.26. The van der Waals surface area contributed by atoms with Gasteiger partial charge in [-0.1, -0.05) is 103 Å². The van der Waals surface area contributed by atoms with Crippen LogP contribution in [0.3, 0.4) is 0 Å². The molecular weight excluding hydrogens is 638 g/mol. The number of H-pyrrole nitrogens is 1. The largest absolute Gasteiger partial charge is 1.00 e. The van der Waals surface area contributed by atoms with E-state index >= 15 is 0 Å². The Morgan fingerprint density at radius 3 is 1.54 bits per heavy atom. The van der Waals surface area contributed by atoms with Crippen molar-refractivity contribution in [2.45, 2.75) is 6.92 Å². The van der Waals surface area contributed by atoms with Crippen molar-refractivity contribution in [2.24, 2.45) is 0 Å². The fourth-order valence-electron chi connectivity index (χ4n) is 5.00. The molecule has 0 atom stereocenters. The van der Waals surface area contributed by atoms with Crippen molar-refractivity contribution < 1.29 is 33.5 Å². The number of ether oxygens (including phenoxy) is 1. The number of hydrogen-bond donors (Lipinski definition) is 1. The molecule has 0 fully saturated rings. The van der Waals surface area contributed by atoms with Crippen LogP contribution in [0.4, 0.5) is 0 Å². The summed E-state index contributed by atoms with van der Waals surface area (Å²) in [4.78, 5) is 22.1. The van der Waals surface area contributed by atoms with Crippen LogP contribution < -0.4 is 50.1 Å². The molecule has 1 heterocycles. The molecule has 0 aliphatic rings. The third-order valence-corrected chi connectivity index (χ3v) is 11.1. The number of nitrogens with zero attached hydrogens (tertiary/aromatic N) is 1. The van der Waals surface area contributed by atoms with Gasteiger partial charge in [-0.3, -0.25) is 0 Å². The van der Waals surface area contributed by atoms with Crippen molar-refractivity contribution >= 4 is 34.6 Å². The lowest BCUT2D eigenvalue weighted by molar-refractivity contribution is -0.0000210. The average molecular weight is 666 g/mol. The van der Waals surface area contributed by atoms with Crippen LogP contribution in [0.2, 0.25) is 0 Å². The van der Waals surface area contributed by atoms with E-state index in [-0.39, 0.29) is 29.9 Å². The van der Waals surface area contributed by atoms with Crippen LogP contribution in [0.5, 0.6) is 5.88 Å². The average Bonchev–Trinajstić information content (AvgIpc) is 3.44. The number of aryl methyl sites for hydroxylation is 1. The molecule has 202 valence electrons. The smallest absolute Gasteiger partial charge is 0.345 e. The molecule has 0 spiro atoms. The van der Waals surface area contributed by atoms with Gasteiger partial charge in [0.2, 0.25) is 5.44 Å². The Kier molecular flexibility index (Phi) is 8.77. The Balaban J connectivity index is 0.00000337. The molecule has 0 amide bonds. The zero-order valence-corrected chi connectivity index (χ0v) is 25.5. The number of carbonyl (C=O) groups excluding carboxylic acids is 1. The van der Waals surface area contributed by atoms with Gasteiger partial charge in [0.05, 0.1) is 5.56 Å². The van der Waals surface area contributed by atoms with E-state index in [1.807, 2.05) is 67.6 Å². The van der Waals surface area contributed by atoms with E-state index in [1.165, 1.54) is 0 Å². The minimum atomic E-state index is -2.59. The number of esters is 1. The highest BCUT2D eigenvalue weighted by Gasteiger charge is 2.52. The van der Waals surface area contributed by atoms with E-state index in [4.69, 9.17) is 9.72 Å². The summed E-state index contributed by atoms with van der Waals surface area (Å²) in [6.07, 6.45) is 0. The predicted octanol–water partition coefficient (Wildman–Crippen LogP) is 3.23. The minimum Gasteiger partial charge on any atom is -1.00 e. The molecule has 4 nitrogen and oxygen atoms in total. The molecule has 6 rings (SSSR count). The van der Waals surface area contributed by atoms with Crippen molar-refractivity contribution in [3.05, 3.63) is 157 Å². The summed E-state index contributed by atoms with van der Waals surface area (Å²) in [5.41, 5.74) is 3.25. The van der Waals surface area contributed by atoms with Gasteiger partial charge in [0.15, 0.2) is 7.26 Å². The number of imidazole rings is 1. The van der Waals surface area contributed by atoms with Crippen molar-refractivity contribution in [2.75, 3.05) is 0 Å². The topological polar surface area (TPSA) is 55.0 Å². The molecule has 0 saturated carbocycles. The summed E-state index contributed by atoms with van der Waals surface area (Å²) in [6.45, 7) is 1.99. The SMILES string of the molecule is Cc1ccc(C(=O)Oc2nc(-c3ccccc3)[nH]c2[P+](c2ccccc2)(c2ccccc2)c2ccccc2)cc1.[I-]. The van der Waals surface area contributed by atoms with E-state index in [9.17, 15) is 4.79 Å². The molecule has 6 heteroatoms. The van der Waals surface area contributed by atoms with Gasteiger partial charge in [0.1, 0.15) is 21.7 Å². The predicted molar refractivity (Wildman–Crippen MR) is 165 cm³/mol. The molecule has 6 aromatic rings. The van der Waals surface area contributed by atoms with E-state index < -0.39 is 13.2 Å². The van der Waals surface area contributed by atoms with Gasteiger partial charge < -0.3 is 33.7 Å². The summed E-state index contributed by atoms with van der Waals surface area (Å²) in [5.74, 6) is 0.489. The normalized spacial score (nSPS) is 11.0. The number of aromatic nitrogens is 2. The first-order valence-electron chi connectivity index (χ1n) is 13.2. The third kappa shape index (κ3) is 5.61. The summed E-state index contributed by atoms with van der Waals surface area (Å²) in [7, 11) is -2.59. The second-order valence-electron chi connectivity index (χ2n) is 9.54. The second-order valence-corrected chi connectivity index (χ2v) is 12.9. The quantitative estimate of drug-likeness (QED) is 0.162. The van der Waals surface area contributed by atoms with Gasteiger partial charge in [-0.2, -0.15) is 4.98 Å². The maximum absolute atomic E-state index is 13.5. The molecule has 1 aromatic heterocycles. The lowest BCUT2D eigenvalue weighted by atomic mass is 10.1. The zero-order valence-electron chi connectivity index (χ0n) is 22.4. The number of benzene rings is 5. The van der Waals surface area contributed by atoms with E-state index in [0.717, 1.165) is 32.5 Å². The molecule has 0 saturated heterocycles. The highest BCUT2D eigenvalue weighted by atomic mass is 127. The summed E-state index contributed by atoms with van der Waals surface area (Å²) in [6, 6.07) is 48.7. The Bertz CT molecular complexity index is 1630. The molecule has 0 bridgehead atoms. The maximum Gasteiger partial charge on any atom is 0.345 e. The van der Waals surface area contributed by atoms with Gasteiger partial charge in [-0.05, 0) is 55.5 Å². The highest BCUT2D eigenvalue weighted by Crippen LogP contribution is 2.55. The zero-order chi connectivity index (χ0) is 27.4. The first-order chi connectivity index (χ1) is 19.7. The van der Waals surface area contributed by atoms with E-state index in [2.05, 4.69) is 77.8 Å². The van der Waals surface area contributed by atoms with Gasteiger partial charge in [0.25, 0.3) is 5.88 Å². The van der Waals surface area contributed by atoms with Crippen LogP contribution in [0.1, 0.15) is 15.9 Å². The van der Waals surface area contributed by atoms with Crippen LogP contribution in [-0.4, -0.2) is 15.9 Å². The fraction of sp³-hybridized carbons (Fsp3) is 0.0286. The van der Waals surface area contributed by atoms with E-state index in [1.54, 1.807) is 12.1 Å². The maximum atomic E-state index is 13.5. The number of halogens is 1. The number of nitrogens with one attached hydrogen (secondary N) is 1. The Morgan fingerprint density at radius 1 is 0.634 bits per heavy atom. The lowest BCUT2D eigenvalue weighted by Crippen LogP contribution is -3.00. The molecule has 0 unspecified atom stereocenters. The van der Waals surface area contributed by atoms with Crippen molar-refractivity contribution in [1.29, 1.82) is 0 Å². The number of rotatable bonds is 7. The molecule has 41 heavy (non-hydrogen) atoms. The highest BCUT2D eigenvalue weighted by molar-refractivity contribution is 8.01. The van der Waals surface area contributed by atoms with Gasteiger partial charge in [-0.15, -0.1) is 0 Å². The molecule has 1 N–H and O–H groups in total. The summed E-state index contributed by atoms with van der Waals surface area (Å²) in [5, 5.41) is 3.38. The number of carbonyl (C=O) groups is 1. The molecule has 5 aromatic carbocycles. The van der Waals surface area contributed by atoms with Gasteiger partial charge in [0, 0.05) is 5.56 Å². The monoisotopic (exact) mass is 666 g/mol. The number of aromatic amines is 1. The Morgan fingerprint density at radius 2 is 1.07 bits per heavy atom. The van der Waals surface area contributed by atoms with Crippen LogP contribution >= 0.6 is 7.26 Å². The molecular formula is C35H28IN2O2P. The van der Waals surface area contributed by atoms with Crippen LogP contribution in [-0.2, 0) is 0 Å².